The van der Waals surface area contributed by atoms with E-state index in [0.717, 1.165) is 88.8 Å². The number of nitro groups is 1. The number of hydrogen-bond acceptors (Lipinski definition) is 10. The standard InChI is InChI=1S/C41H52N2O11/c1-2-3-4-5-11-14-23-52-37-28-35(42)33(27-36(37)43(50)51)29-17-19-30(20-18-29)40(48)53-24-15-12-9-7-6-8-10-13-16-25-54-41(49)34-26-31(38(44)45)21-22-32(34)39(46)47/h17-22,26-28H,2-16,23-25,42H2,1H3,(H,44,45)(H,46,47). The van der Waals surface area contributed by atoms with Gasteiger partial charge < -0.3 is 30.2 Å². The molecule has 0 bridgehead atoms. The van der Waals surface area contributed by atoms with Gasteiger partial charge in [-0.25, -0.2) is 19.2 Å². The van der Waals surface area contributed by atoms with E-state index in [4.69, 9.17) is 25.1 Å². The van der Waals surface area contributed by atoms with Crippen molar-refractivity contribution in [3.05, 3.63) is 87.0 Å². The van der Waals surface area contributed by atoms with E-state index < -0.39 is 28.8 Å². The van der Waals surface area contributed by atoms with Gasteiger partial charge in [0.2, 0.25) is 0 Å². The van der Waals surface area contributed by atoms with Gasteiger partial charge in [0, 0.05) is 23.4 Å². The molecule has 0 saturated carbocycles. The molecule has 0 radical (unpaired) electrons. The van der Waals surface area contributed by atoms with Gasteiger partial charge in [-0.05, 0) is 55.2 Å². The number of nitrogens with zero attached hydrogens (tertiary/aromatic N) is 1. The Labute approximate surface area is 316 Å². The average molecular weight is 749 g/mol. The van der Waals surface area contributed by atoms with E-state index in [2.05, 4.69) is 6.92 Å². The molecule has 0 saturated heterocycles. The first-order valence-corrected chi connectivity index (χ1v) is 18.8. The lowest BCUT2D eigenvalue weighted by molar-refractivity contribution is -0.385. The molecule has 3 aromatic rings. The number of nitrogen functional groups attached to an aromatic ring is 1. The normalized spacial score (nSPS) is 10.8. The summed E-state index contributed by atoms with van der Waals surface area (Å²) >= 11 is 0. The largest absolute Gasteiger partial charge is 0.487 e. The number of carboxylic acid groups (broad SMARTS) is 2. The molecule has 292 valence electrons. The predicted octanol–water partition coefficient (Wildman–Crippen LogP) is 9.50. The molecule has 54 heavy (non-hydrogen) atoms. The number of ether oxygens (including phenoxy) is 3. The monoisotopic (exact) mass is 748 g/mol. The molecule has 13 heteroatoms. The van der Waals surface area contributed by atoms with Crippen molar-refractivity contribution in [1.29, 1.82) is 0 Å². The van der Waals surface area contributed by atoms with Crippen LogP contribution in [0.25, 0.3) is 11.1 Å². The fourth-order valence-electron chi connectivity index (χ4n) is 5.91. The molecule has 0 atom stereocenters. The molecule has 13 nitrogen and oxygen atoms in total. The van der Waals surface area contributed by atoms with Crippen molar-refractivity contribution in [2.75, 3.05) is 25.6 Å². The lowest BCUT2D eigenvalue weighted by atomic mass is 10.0. The number of carbonyl (C=O) groups is 4. The third kappa shape index (κ3) is 14.2. The van der Waals surface area contributed by atoms with Crippen LogP contribution in [0.2, 0.25) is 0 Å². The summed E-state index contributed by atoms with van der Waals surface area (Å²) in [5.74, 6) is -3.76. The molecule has 3 rings (SSSR count). The Hall–Kier alpha value is -5.46. The van der Waals surface area contributed by atoms with Gasteiger partial charge in [0.25, 0.3) is 0 Å². The average Bonchev–Trinajstić information content (AvgIpc) is 3.15. The molecule has 0 aliphatic carbocycles. The number of carbonyl (C=O) groups excluding carboxylic acids is 2. The SMILES string of the molecule is CCCCCCCCOc1cc(N)c(-c2ccc(C(=O)OCCCCCCCCCCCOC(=O)c3cc(C(=O)O)ccc3C(=O)O)cc2)cc1[N+](=O)[O-]. The second-order valence-corrected chi connectivity index (χ2v) is 13.2. The number of esters is 2. The van der Waals surface area contributed by atoms with Crippen molar-refractivity contribution in [1.82, 2.24) is 0 Å². The van der Waals surface area contributed by atoms with Gasteiger partial charge in [-0.15, -0.1) is 0 Å². The van der Waals surface area contributed by atoms with E-state index in [9.17, 15) is 34.4 Å². The molecule has 0 amide bonds. The fraction of sp³-hybridized carbons (Fsp3) is 0.463. The Morgan fingerprint density at radius 3 is 1.69 bits per heavy atom. The van der Waals surface area contributed by atoms with E-state index in [1.165, 1.54) is 31.4 Å². The topological polar surface area (TPSA) is 206 Å². The molecule has 0 fully saturated rings. The van der Waals surface area contributed by atoms with Gasteiger partial charge in [-0.1, -0.05) is 96.1 Å². The van der Waals surface area contributed by atoms with E-state index in [-0.39, 0.29) is 34.7 Å². The summed E-state index contributed by atoms with van der Waals surface area (Å²) < 4.78 is 16.4. The van der Waals surface area contributed by atoms with Gasteiger partial charge in [0.15, 0.2) is 5.75 Å². The summed E-state index contributed by atoms with van der Waals surface area (Å²) in [7, 11) is 0. The Morgan fingerprint density at radius 2 is 1.15 bits per heavy atom. The zero-order valence-corrected chi connectivity index (χ0v) is 31.0. The molecule has 0 aliphatic rings. The first kappa shape index (κ1) is 42.9. The van der Waals surface area contributed by atoms with Gasteiger partial charge in [0.05, 0.1) is 47.0 Å². The van der Waals surface area contributed by atoms with Gasteiger partial charge in [-0.2, -0.15) is 0 Å². The van der Waals surface area contributed by atoms with E-state index in [1.54, 1.807) is 24.3 Å². The zero-order chi connectivity index (χ0) is 39.3. The Bertz CT molecular complexity index is 1710. The van der Waals surface area contributed by atoms with Crippen LogP contribution < -0.4 is 10.5 Å². The minimum atomic E-state index is -1.34. The number of nitro benzene ring substituents is 1. The fourth-order valence-corrected chi connectivity index (χ4v) is 5.91. The molecular weight excluding hydrogens is 696 g/mol. The molecule has 0 unspecified atom stereocenters. The van der Waals surface area contributed by atoms with Crippen LogP contribution >= 0.6 is 0 Å². The van der Waals surface area contributed by atoms with Crippen LogP contribution in [-0.2, 0) is 9.47 Å². The zero-order valence-electron chi connectivity index (χ0n) is 31.0. The summed E-state index contributed by atoms with van der Waals surface area (Å²) in [4.78, 5) is 58.9. The maximum Gasteiger partial charge on any atom is 0.339 e. The van der Waals surface area contributed by atoms with Crippen LogP contribution in [0.4, 0.5) is 11.4 Å². The number of benzene rings is 3. The second kappa shape index (κ2) is 23.3. The first-order chi connectivity index (χ1) is 26.0. The summed E-state index contributed by atoms with van der Waals surface area (Å²) in [5, 5.41) is 30.2. The molecule has 0 heterocycles. The Morgan fingerprint density at radius 1 is 0.630 bits per heavy atom. The minimum Gasteiger partial charge on any atom is -0.487 e. The lowest BCUT2D eigenvalue weighted by Crippen LogP contribution is -2.14. The second-order valence-electron chi connectivity index (χ2n) is 13.2. The quantitative estimate of drug-likeness (QED) is 0.0231. The Kier molecular flexibility index (Phi) is 18.5. The molecule has 4 N–H and O–H groups in total. The first-order valence-electron chi connectivity index (χ1n) is 18.8. The Balaban J connectivity index is 1.29. The van der Waals surface area contributed by atoms with E-state index in [1.807, 2.05) is 0 Å². The van der Waals surface area contributed by atoms with Crippen molar-refractivity contribution in [2.45, 2.75) is 103 Å². The number of unbranched alkanes of at least 4 members (excludes halogenated alkanes) is 13. The van der Waals surface area contributed by atoms with E-state index >= 15 is 0 Å². The van der Waals surface area contributed by atoms with Crippen LogP contribution in [0.1, 0.15) is 145 Å². The van der Waals surface area contributed by atoms with Gasteiger partial charge >= 0.3 is 29.6 Å². The highest BCUT2D eigenvalue weighted by atomic mass is 16.6. The van der Waals surface area contributed by atoms with Gasteiger partial charge in [-0.3, -0.25) is 10.1 Å². The van der Waals surface area contributed by atoms with Crippen molar-refractivity contribution in [3.63, 3.8) is 0 Å². The van der Waals surface area contributed by atoms with E-state index in [0.29, 0.717) is 42.0 Å². The molecular formula is C41H52N2O11. The highest BCUT2D eigenvalue weighted by molar-refractivity contribution is 6.04. The van der Waals surface area contributed by atoms with Crippen LogP contribution in [0.5, 0.6) is 5.75 Å². The smallest absolute Gasteiger partial charge is 0.339 e. The van der Waals surface area contributed by atoms with Crippen molar-refractivity contribution in [3.8, 4) is 16.9 Å². The summed E-state index contributed by atoms with van der Waals surface area (Å²) in [5.41, 5.74) is 7.17. The summed E-state index contributed by atoms with van der Waals surface area (Å²) in [6.45, 7) is 2.95. The van der Waals surface area contributed by atoms with Crippen molar-refractivity contribution >= 4 is 35.3 Å². The lowest BCUT2D eigenvalue weighted by Gasteiger charge is -2.12. The summed E-state index contributed by atoms with van der Waals surface area (Å²) in [6.07, 6.45) is 14.6. The molecule has 3 aromatic carbocycles. The third-order valence-electron chi connectivity index (χ3n) is 8.99. The number of aromatic carboxylic acids is 2. The highest BCUT2D eigenvalue weighted by Crippen LogP contribution is 2.37. The molecule has 0 spiro atoms. The van der Waals surface area contributed by atoms with Gasteiger partial charge in [0.1, 0.15) is 0 Å². The highest BCUT2D eigenvalue weighted by Gasteiger charge is 2.21. The molecule has 0 aromatic heterocycles. The van der Waals surface area contributed by atoms with Crippen LogP contribution in [-0.4, -0.2) is 58.8 Å². The van der Waals surface area contributed by atoms with Crippen molar-refractivity contribution < 1.29 is 48.5 Å². The van der Waals surface area contributed by atoms with Crippen LogP contribution in [0.3, 0.4) is 0 Å². The third-order valence-corrected chi connectivity index (χ3v) is 8.99. The number of nitrogens with two attached hydrogens (primary N) is 1. The minimum absolute atomic E-state index is 0.112. The predicted molar refractivity (Wildman–Crippen MR) is 204 cm³/mol. The molecule has 0 aliphatic heterocycles. The number of anilines is 1. The van der Waals surface area contributed by atoms with Crippen LogP contribution in [0.15, 0.2) is 54.6 Å². The number of carboxylic acids is 2. The summed E-state index contributed by atoms with van der Waals surface area (Å²) in [6, 6.07) is 12.7. The van der Waals surface area contributed by atoms with Crippen LogP contribution in [0, 0.1) is 10.1 Å². The maximum absolute atomic E-state index is 12.6. The number of hydrogen-bond donors (Lipinski definition) is 3. The maximum atomic E-state index is 12.6. The number of rotatable bonds is 26. The van der Waals surface area contributed by atoms with Crippen molar-refractivity contribution in [2.24, 2.45) is 0 Å².